The molecule has 2 amide bonds. The molecule has 2 aromatic carbocycles. The number of fused-ring (bicyclic) bond motifs is 1. The summed E-state index contributed by atoms with van der Waals surface area (Å²) in [6.07, 6.45) is -3.77. The number of nitrogens with one attached hydrogen (secondary N) is 3. The van der Waals surface area contributed by atoms with E-state index in [1.807, 2.05) is 24.3 Å². The number of carbonyl (C=O) groups excluding carboxylic acids is 2. The molecule has 0 bridgehead atoms. The second-order valence-corrected chi connectivity index (χ2v) is 7.94. The molecule has 13 heteroatoms. The number of nitrogens with zero attached hydrogens (tertiary/aromatic N) is 3. The van der Waals surface area contributed by atoms with Crippen molar-refractivity contribution in [3.8, 4) is 0 Å². The van der Waals surface area contributed by atoms with Gasteiger partial charge in [0.25, 0.3) is 5.91 Å². The van der Waals surface area contributed by atoms with Crippen LogP contribution in [0.3, 0.4) is 0 Å². The van der Waals surface area contributed by atoms with Crippen LogP contribution < -0.4 is 21.7 Å². The zero-order valence-corrected chi connectivity index (χ0v) is 18.7. The van der Waals surface area contributed by atoms with Gasteiger partial charge in [0.2, 0.25) is 11.9 Å². The molecule has 0 saturated heterocycles. The van der Waals surface area contributed by atoms with E-state index in [-0.39, 0.29) is 43.8 Å². The molecular formula is C23H22F3N7O3. The third kappa shape index (κ3) is 6.17. The zero-order valence-electron chi connectivity index (χ0n) is 18.7. The van der Waals surface area contributed by atoms with Gasteiger partial charge in [-0.05, 0) is 28.8 Å². The molecule has 36 heavy (non-hydrogen) atoms. The van der Waals surface area contributed by atoms with Crippen LogP contribution >= 0.6 is 0 Å². The van der Waals surface area contributed by atoms with E-state index in [1.165, 1.54) is 24.3 Å². The molecule has 0 saturated carbocycles. The standard InChI is InChI=1S/C23H22F3N7O3/c24-23(25,26)21(35)29-10-14-5-7-16(8-6-14)19(34)28-9-13-1-3-15(4-2-13)11-36-20-17-18(31-12-30-17)32-22(27)33-20/h1-8,12,17-18H,9-11H2,(H2,27,32)(H,28,34)(H,29,35)(H,30,31). The topological polar surface area (TPSA) is 143 Å². The number of rotatable bonds is 7. The summed E-state index contributed by atoms with van der Waals surface area (Å²) in [5, 5.41) is 7.59. The summed E-state index contributed by atoms with van der Waals surface area (Å²) in [4.78, 5) is 35.7. The molecule has 10 nitrogen and oxygen atoms in total. The molecule has 4 rings (SSSR count). The van der Waals surface area contributed by atoms with Crippen molar-refractivity contribution in [2.75, 3.05) is 0 Å². The van der Waals surface area contributed by atoms with Gasteiger partial charge in [-0.2, -0.15) is 18.2 Å². The summed E-state index contributed by atoms with van der Waals surface area (Å²) in [5.41, 5.74) is 8.22. The number of hydrogen-bond acceptors (Lipinski definition) is 8. The average molecular weight is 501 g/mol. The zero-order chi connectivity index (χ0) is 25.7. The van der Waals surface area contributed by atoms with Crippen LogP contribution in [0, 0.1) is 0 Å². The Hall–Kier alpha value is -4.42. The van der Waals surface area contributed by atoms with E-state index in [9.17, 15) is 22.8 Å². The van der Waals surface area contributed by atoms with E-state index in [0.717, 1.165) is 11.1 Å². The molecule has 2 heterocycles. The first-order chi connectivity index (χ1) is 17.2. The third-order valence-electron chi connectivity index (χ3n) is 5.32. The van der Waals surface area contributed by atoms with Crippen LogP contribution in [0.1, 0.15) is 27.0 Å². The highest BCUT2D eigenvalue weighted by Gasteiger charge is 2.38. The lowest BCUT2D eigenvalue weighted by molar-refractivity contribution is -0.173. The van der Waals surface area contributed by atoms with Crippen LogP contribution in [0.2, 0.25) is 0 Å². The van der Waals surface area contributed by atoms with Crippen molar-refractivity contribution in [3.05, 3.63) is 70.8 Å². The Balaban J connectivity index is 1.23. The smallest absolute Gasteiger partial charge is 0.471 e. The molecule has 0 radical (unpaired) electrons. The van der Waals surface area contributed by atoms with E-state index < -0.39 is 12.1 Å². The normalized spacial score (nSPS) is 18.4. The predicted octanol–water partition coefficient (Wildman–Crippen LogP) is 1.36. The summed E-state index contributed by atoms with van der Waals surface area (Å²) in [6, 6.07) is 13.1. The summed E-state index contributed by atoms with van der Waals surface area (Å²) in [7, 11) is 0. The largest absolute Gasteiger partial charge is 0.474 e. The van der Waals surface area contributed by atoms with E-state index in [4.69, 9.17) is 10.5 Å². The molecular weight excluding hydrogens is 479 g/mol. The van der Waals surface area contributed by atoms with Crippen molar-refractivity contribution in [1.82, 2.24) is 16.0 Å². The van der Waals surface area contributed by atoms with Crippen LogP contribution in [0.25, 0.3) is 0 Å². The minimum atomic E-state index is -4.94. The highest BCUT2D eigenvalue weighted by atomic mass is 19.4. The van der Waals surface area contributed by atoms with Crippen LogP contribution in [0.5, 0.6) is 0 Å². The average Bonchev–Trinajstić information content (AvgIpc) is 3.33. The fraction of sp³-hybridized carbons (Fsp3) is 0.261. The van der Waals surface area contributed by atoms with Gasteiger partial charge >= 0.3 is 12.1 Å². The van der Waals surface area contributed by atoms with E-state index in [0.29, 0.717) is 17.0 Å². The number of alkyl halides is 3. The number of benzene rings is 2. The Bertz CT molecular complexity index is 1210. The Kier molecular flexibility index (Phi) is 7.17. The predicted molar refractivity (Wildman–Crippen MR) is 125 cm³/mol. The lowest BCUT2D eigenvalue weighted by Crippen LogP contribution is -2.44. The van der Waals surface area contributed by atoms with Gasteiger partial charge in [-0.1, -0.05) is 36.4 Å². The van der Waals surface area contributed by atoms with Gasteiger partial charge in [-0.25, -0.2) is 9.98 Å². The molecule has 5 N–H and O–H groups in total. The van der Waals surface area contributed by atoms with E-state index in [1.54, 1.807) is 11.7 Å². The van der Waals surface area contributed by atoms with Gasteiger partial charge in [0.1, 0.15) is 12.6 Å². The minimum absolute atomic E-state index is 0.112. The van der Waals surface area contributed by atoms with E-state index in [2.05, 4.69) is 25.6 Å². The fourth-order valence-electron chi connectivity index (χ4n) is 3.40. The summed E-state index contributed by atoms with van der Waals surface area (Å²) in [5.74, 6) is -1.84. The summed E-state index contributed by atoms with van der Waals surface area (Å²) >= 11 is 0. The number of nitrogens with two attached hydrogens (primary N) is 1. The number of aliphatic imine (C=N–C) groups is 3. The minimum Gasteiger partial charge on any atom is -0.474 e. The lowest BCUT2D eigenvalue weighted by Gasteiger charge is -2.21. The molecule has 0 aromatic heterocycles. The number of carbonyl (C=O) groups is 2. The fourth-order valence-corrected chi connectivity index (χ4v) is 3.40. The Morgan fingerprint density at radius 3 is 2.25 bits per heavy atom. The van der Waals surface area contributed by atoms with Gasteiger partial charge in [0, 0.05) is 18.7 Å². The summed E-state index contributed by atoms with van der Waals surface area (Å²) in [6.45, 7) is 0.240. The second-order valence-electron chi connectivity index (χ2n) is 7.94. The van der Waals surface area contributed by atoms with Gasteiger partial charge in [0.15, 0.2) is 6.17 Å². The molecule has 2 unspecified atom stereocenters. The molecule has 0 aliphatic carbocycles. The number of amides is 2. The second kappa shape index (κ2) is 10.5. The number of hydrogen-bond donors (Lipinski definition) is 4. The van der Waals surface area contributed by atoms with Crippen molar-refractivity contribution >= 4 is 30.0 Å². The first-order valence-corrected chi connectivity index (χ1v) is 10.8. The summed E-state index contributed by atoms with van der Waals surface area (Å²) < 4.78 is 42.6. The Morgan fingerprint density at radius 1 is 0.972 bits per heavy atom. The Morgan fingerprint density at radius 2 is 1.58 bits per heavy atom. The van der Waals surface area contributed by atoms with Crippen LogP contribution in [0.15, 0.2) is 63.5 Å². The van der Waals surface area contributed by atoms with Crippen LogP contribution in [0.4, 0.5) is 13.2 Å². The third-order valence-corrected chi connectivity index (χ3v) is 5.32. The van der Waals surface area contributed by atoms with Crippen LogP contribution in [-0.4, -0.2) is 48.4 Å². The maximum Gasteiger partial charge on any atom is 0.471 e. The van der Waals surface area contributed by atoms with Crippen molar-refractivity contribution in [1.29, 1.82) is 0 Å². The number of halogens is 3. The SMILES string of the molecule is NC1=NC2N=CNC2C(OCc2ccc(CNC(=O)c3ccc(CNC(=O)C(F)(F)F)cc3)cc2)=N1. The monoisotopic (exact) mass is 501 g/mol. The maximum absolute atomic E-state index is 12.4. The van der Waals surface area contributed by atoms with Crippen molar-refractivity contribution in [3.63, 3.8) is 0 Å². The number of ether oxygens (including phenoxy) is 1. The van der Waals surface area contributed by atoms with Gasteiger partial charge in [0.05, 0.1) is 6.34 Å². The molecule has 2 aliphatic heterocycles. The number of guanidine groups is 1. The first kappa shape index (κ1) is 24.7. The molecule has 0 spiro atoms. The highest BCUT2D eigenvalue weighted by molar-refractivity contribution is 5.99. The molecule has 2 aliphatic rings. The highest BCUT2D eigenvalue weighted by Crippen LogP contribution is 2.16. The first-order valence-electron chi connectivity index (χ1n) is 10.8. The van der Waals surface area contributed by atoms with Crippen molar-refractivity contribution in [2.24, 2.45) is 20.7 Å². The van der Waals surface area contributed by atoms with Gasteiger partial charge in [-0.15, -0.1) is 0 Å². The van der Waals surface area contributed by atoms with Crippen LogP contribution in [-0.2, 0) is 29.2 Å². The molecule has 2 aromatic rings. The van der Waals surface area contributed by atoms with E-state index >= 15 is 0 Å². The van der Waals surface area contributed by atoms with Crippen molar-refractivity contribution in [2.45, 2.75) is 38.1 Å². The molecule has 2 atom stereocenters. The maximum atomic E-state index is 12.4. The molecule has 0 fully saturated rings. The Labute approximate surface area is 203 Å². The van der Waals surface area contributed by atoms with Gasteiger partial charge < -0.3 is 26.4 Å². The van der Waals surface area contributed by atoms with Gasteiger partial charge in [-0.3, -0.25) is 9.59 Å². The molecule has 188 valence electrons. The quantitative estimate of drug-likeness (QED) is 0.453. The lowest BCUT2D eigenvalue weighted by atomic mass is 10.1. The van der Waals surface area contributed by atoms with Crippen molar-refractivity contribution < 1.29 is 27.5 Å².